The first-order valence-corrected chi connectivity index (χ1v) is 6.15. The fourth-order valence-corrected chi connectivity index (χ4v) is 1.49. The van der Waals surface area contributed by atoms with Gasteiger partial charge in [-0.25, -0.2) is 0 Å². The fourth-order valence-electron chi connectivity index (χ4n) is 1.49. The van der Waals surface area contributed by atoms with Gasteiger partial charge < -0.3 is 11.1 Å². The number of carbonyl (C=O) groups is 1. The van der Waals surface area contributed by atoms with Gasteiger partial charge in [-0.05, 0) is 19.8 Å². The molecule has 0 aliphatic carbocycles. The summed E-state index contributed by atoms with van der Waals surface area (Å²) in [6, 6.07) is 0.293. The monoisotopic (exact) mass is 214 g/mol. The van der Waals surface area contributed by atoms with Gasteiger partial charge in [0.25, 0.3) is 0 Å². The molecule has 0 heterocycles. The Hall–Kier alpha value is -0.570. The molecule has 90 valence electrons. The minimum Gasteiger partial charge on any atom is -0.354 e. The van der Waals surface area contributed by atoms with Crippen LogP contribution >= 0.6 is 0 Å². The maximum absolute atomic E-state index is 11.5. The molecular formula is C12H26N2O. The highest BCUT2D eigenvalue weighted by Gasteiger charge is 2.10. The Bertz CT molecular complexity index is 171. The highest BCUT2D eigenvalue weighted by molar-refractivity contribution is 5.76. The van der Waals surface area contributed by atoms with Crippen LogP contribution in [0.25, 0.3) is 0 Å². The van der Waals surface area contributed by atoms with E-state index >= 15 is 0 Å². The van der Waals surface area contributed by atoms with E-state index in [1.165, 1.54) is 19.3 Å². The van der Waals surface area contributed by atoms with Crippen LogP contribution in [0.3, 0.4) is 0 Å². The van der Waals surface area contributed by atoms with E-state index in [0.717, 1.165) is 12.8 Å². The van der Waals surface area contributed by atoms with Gasteiger partial charge in [0.15, 0.2) is 0 Å². The van der Waals surface area contributed by atoms with Crippen LogP contribution in [0.1, 0.15) is 59.3 Å². The third-order valence-corrected chi connectivity index (χ3v) is 2.62. The predicted octanol–water partition coefficient (Wildman–Crippen LogP) is 2.20. The van der Waals surface area contributed by atoms with E-state index in [1.54, 1.807) is 0 Å². The van der Waals surface area contributed by atoms with E-state index in [1.807, 2.05) is 6.92 Å². The molecule has 0 aromatic carbocycles. The molecule has 2 unspecified atom stereocenters. The van der Waals surface area contributed by atoms with E-state index in [0.29, 0.717) is 6.42 Å². The van der Waals surface area contributed by atoms with Crippen molar-refractivity contribution >= 4 is 5.91 Å². The van der Waals surface area contributed by atoms with Crippen LogP contribution in [0.2, 0.25) is 0 Å². The largest absolute Gasteiger partial charge is 0.354 e. The molecule has 0 aliphatic heterocycles. The average Bonchev–Trinajstić information content (AvgIpc) is 2.17. The lowest BCUT2D eigenvalue weighted by Crippen LogP contribution is -2.36. The number of nitrogens with two attached hydrogens (primary N) is 1. The summed E-state index contributed by atoms with van der Waals surface area (Å²) in [7, 11) is 0. The Labute approximate surface area is 93.8 Å². The number of unbranched alkanes of at least 4 members (excludes halogenated alkanes) is 2. The smallest absolute Gasteiger partial charge is 0.221 e. The zero-order valence-corrected chi connectivity index (χ0v) is 10.4. The van der Waals surface area contributed by atoms with E-state index < -0.39 is 0 Å². The van der Waals surface area contributed by atoms with Crippen molar-refractivity contribution in [1.82, 2.24) is 5.32 Å². The van der Waals surface area contributed by atoms with Crippen molar-refractivity contribution < 1.29 is 4.79 Å². The standard InChI is InChI=1S/C12H26N2O/c1-4-6-7-8-10(3)14-12(15)9-11(13)5-2/h10-11H,4-9,13H2,1-3H3,(H,14,15). The van der Waals surface area contributed by atoms with Crippen molar-refractivity contribution in [3.63, 3.8) is 0 Å². The first-order valence-electron chi connectivity index (χ1n) is 6.15. The third-order valence-electron chi connectivity index (χ3n) is 2.62. The van der Waals surface area contributed by atoms with Crippen molar-refractivity contribution in [2.24, 2.45) is 5.73 Å². The van der Waals surface area contributed by atoms with Gasteiger partial charge in [-0.1, -0.05) is 33.1 Å². The summed E-state index contributed by atoms with van der Waals surface area (Å²) in [5.74, 6) is 0.0911. The van der Waals surface area contributed by atoms with Crippen LogP contribution < -0.4 is 11.1 Å². The van der Waals surface area contributed by atoms with Gasteiger partial charge in [-0.2, -0.15) is 0 Å². The molecule has 3 nitrogen and oxygen atoms in total. The molecule has 2 atom stereocenters. The Kier molecular flexibility index (Phi) is 8.38. The summed E-state index contributed by atoms with van der Waals surface area (Å²) >= 11 is 0. The third kappa shape index (κ3) is 8.43. The summed E-state index contributed by atoms with van der Waals surface area (Å²) in [6.07, 6.45) is 6.04. The summed E-state index contributed by atoms with van der Waals surface area (Å²) in [6.45, 7) is 6.25. The molecule has 0 aromatic rings. The lowest BCUT2D eigenvalue weighted by Gasteiger charge is -2.15. The van der Waals surface area contributed by atoms with Crippen molar-refractivity contribution in [2.75, 3.05) is 0 Å². The molecule has 0 rings (SSSR count). The minimum absolute atomic E-state index is 0.00726. The second-order valence-corrected chi connectivity index (χ2v) is 4.34. The zero-order valence-electron chi connectivity index (χ0n) is 10.4. The summed E-state index contributed by atoms with van der Waals surface area (Å²) in [5.41, 5.74) is 5.71. The number of carbonyl (C=O) groups excluding carboxylic acids is 1. The maximum atomic E-state index is 11.5. The molecule has 0 spiro atoms. The van der Waals surface area contributed by atoms with Gasteiger partial charge in [0.2, 0.25) is 5.91 Å². The number of rotatable bonds is 8. The van der Waals surface area contributed by atoms with Crippen LogP contribution in [0.4, 0.5) is 0 Å². The Morgan fingerprint density at radius 1 is 1.33 bits per heavy atom. The normalized spacial score (nSPS) is 14.7. The minimum atomic E-state index is 0.00726. The molecular weight excluding hydrogens is 188 g/mol. The van der Waals surface area contributed by atoms with Gasteiger partial charge in [0.1, 0.15) is 0 Å². The average molecular weight is 214 g/mol. The molecule has 1 amide bonds. The number of hydrogen-bond donors (Lipinski definition) is 2. The second-order valence-electron chi connectivity index (χ2n) is 4.34. The maximum Gasteiger partial charge on any atom is 0.221 e. The molecule has 0 aromatic heterocycles. The van der Waals surface area contributed by atoms with Crippen molar-refractivity contribution in [3.8, 4) is 0 Å². The molecule has 0 bridgehead atoms. The first-order chi connectivity index (χ1) is 7.10. The van der Waals surface area contributed by atoms with Gasteiger partial charge in [-0.3, -0.25) is 4.79 Å². The van der Waals surface area contributed by atoms with Crippen LogP contribution in [0.5, 0.6) is 0 Å². The van der Waals surface area contributed by atoms with E-state index in [2.05, 4.69) is 19.2 Å². The summed E-state index contributed by atoms with van der Waals surface area (Å²) in [5, 5.41) is 2.99. The molecule has 15 heavy (non-hydrogen) atoms. The highest BCUT2D eigenvalue weighted by Crippen LogP contribution is 2.03. The molecule has 0 saturated carbocycles. The molecule has 0 fully saturated rings. The van der Waals surface area contributed by atoms with Crippen molar-refractivity contribution in [2.45, 2.75) is 71.4 Å². The molecule has 3 N–H and O–H groups in total. The lowest BCUT2D eigenvalue weighted by atomic mass is 10.1. The van der Waals surface area contributed by atoms with Gasteiger partial charge >= 0.3 is 0 Å². The topological polar surface area (TPSA) is 55.1 Å². The Balaban J connectivity index is 3.57. The summed E-state index contributed by atoms with van der Waals surface area (Å²) in [4.78, 5) is 11.5. The highest BCUT2D eigenvalue weighted by atomic mass is 16.1. The zero-order chi connectivity index (χ0) is 11.7. The Morgan fingerprint density at radius 3 is 2.53 bits per heavy atom. The van der Waals surface area contributed by atoms with Crippen LogP contribution in [-0.4, -0.2) is 18.0 Å². The van der Waals surface area contributed by atoms with E-state index in [9.17, 15) is 4.79 Å². The van der Waals surface area contributed by atoms with E-state index in [-0.39, 0.29) is 18.0 Å². The predicted molar refractivity (Wildman–Crippen MR) is 64.6 cm³/mol. The molecule has 3 heteroatoms. The number of hydrogen-bond acceptors (Lipinski definition) is 2. The Morgan fingerprint density at radius 2 is 2.00 bits per heavy atom. The first kappa shape index (κ1) is 14.4. The SMILES string of the molecule is CCCCCC(C)NC(=O)CC(N)CC. The van der Waals surface area contributed by atoms with Crippen LogP contribution in [-0.2, 0) is 4.79 Å². The fraction of sp³-hybridized carbons (Fsp3) is 0.917. The van der Waals surface area contributed by atoms with Gasteiger partial charge in [0, 0.05) is 18.5 Å². The quantitative estimate of drug-likeness (QED) is 0.609. The lowest BCUT2D eigenvalue weighted by molar-refractivity contribution is -0.122. The van der Waals surface area contributed by atoms with Crippen LogP contribution in [0, 0.1) is 0 Å². The molecule has 0 aliphatic rings. The van der Waals surface area contributed by atoms with Gasteiger partial charge in [0.05, 0.1) is 0 Å². The molecule has 0 saturated heterocycles. The number of nitrogens with one attached hydrogen (secondary N) is 1. The summed E-state index contributed by atoms with van der Waals surface area (Å²) < 4.78 is 0. The second kappa shape index (κ2) is 8.72. The number of amides is 1. The van der Waals surface area contributed by atoms with Crippen LogP contribution in [0.15, 0.2) is 0 Å². The van der Waals surface area contributed by atoms with Gasteiger partial charge in [-0.15, -0.1) is 0 Å². The molecule has 0 radical (unpaired) electrons. The van der Waals surface area contributed by atoms with Crippen molar-refractivity contribution in [1.29, 1.82) is 0 Å². The van der Waals surface area contributed by atoms with E-state index in [4.69, 9.17) is 5.73 Å². The van der Waals surface area contributed by atoms with Crippen molar-refractivity contribution in [3.05, 3.63) is 0 Å².